The summed E-state index contributed by atoms with van der Waals surface area (Å²) in [6.45, 7) is 4.89. The van der Waals surface area contributed by atoms with Crippen molar-refractivity contribution in [1.82, 2.24) is 19.6 Å². The highest BCUT2D eigenvalue weighted by Gasteiger charge is 2.28. The average Bonchev–Trinajstić information content (AvgIpc) is 3.16. The first-order valence-corrected chi connectivity index (χ1v) is 9.29. The highest BCUT2D eigenvalue weighted by Crippen LogP contribution is 2.30. The van der Waals surface area contributed by atoms with Crippen molar-refractivity contribution in [3.8, 4) is 0 Å². The summed E-state index contributed by atoms with van der Waals surface area (Å²) in [6, 6.07) is 4.35. The first kappa shape index (κ1) is 17.7. The van der Waals surface area contributed by atoms with Gasteiger partial charge in [-0.3, -0.25) is 4.79 Å². The van der Waals surface area contributed by atoms with E-state index in [1.807, 2.05) is 13.8 Å². The third-order valence-corrected chi connectivity index (χ3v) is 4.95. The second kappa shape index (κ2) is 7.85. The Morgan fingerprint density at radius 2 is 2.20 bits per heavy atom. The maximum absolute atomic E-state index is 12.9. The molecule has 0 saturated carbocycles. The van der Waals surface area contributed by atoms with Crippen LogP contribution in [0.25, 0.3) is 0 Å². The molecular formula is C19H28N4O2. The molecule has 2 aromatic heterocycles. The van der Waals surface area contributed by atoms with Crippen molar-refractivity contribution in [2.24, 2.45) is 7.05 Å². The molecule has 6 heteroatoms. The van der Waals surface area contributed by atoms with Gasteiger partial charge in [-0.2, -0.15) is 4.98 Å². The molecule has 1 aliphatic rings. The standard InChI is InChI=1S/C19H28N4O2/c1-14(2)19-20-17(25-21-19)10-11-18(24)23-13-6-4-5-8-16(23)15-9-7-12-22(15)3/h7,9,12,14,16H,4-6,8,10-11,13H2,1-3H3/t16-/m0/s1. The summed E-state index contributed by atoms with van der Waals surface area (Å²) < 4.78 is 7.40. The van der Waals surface area contributed by atoms with E-state index < -0.39 is 0 Å². The van der Waals surface area contributed by atoms with Gasteiger partial charge < -0.3 is 14.0 Å². The van der Waals surface area contributed by atoms with Gasteiger partial charge in [0.15, 0.2) is 5.82 Å². The van der Waals surface area contributed by atoms with E-state index in [9.17, 15) is 4.79 Å². The monoisotopic (exact) mass is 344 g/mol. The van der Waals surface area contributed by atoms with Gasteiger partial charge in [-0.25, -0.2) is 0 Å². The number of rotatable bonds is 5. The molecule has 1 atom stereocenters. The van der Waals surface area contributed by atoms with Gasteiger partial charge in [0.25, 0.3) is 0 Å². The normalized spacial score (nSPS) is 18.6. The van der Waals surface area contributed by atoms with E-state index >= 15 is 0 Å². The van der Waals surface area contributed by atoms with Gasteiger partial charge >= 0.3 is 0 Å². The predicted octanol–water partition coefficient (Wildman–Crippen LogP) is 3.61. The fourth-order valence-corrected chi connectivity index (χ4v) is 3.50. The number of carbonyl (C=O) groups excluding carboxylic acids is 1. The number of aromatic nitrogens is 3. The lowest BCUT2D eigenvalue weighted by atomic mass is 10.1. The maximum Gasteiger partial charge on any atom is 0.227 e. The summed E-state index contributed by atoms with van der Waals surface area (Å²) in [7, 11) is 2.05. The number of carbonyl (C=O) groups is 1. The van der Waals surface area contributed by atoms with Crippen molar-refractivity contribution in [2.45, 2.75) is 64.3 Å². The molecule has 0 radical (unpaired) electrons. The van der Waals surface area contributed by atoms with Gasteiger partial charge in [0.2, 0.25) is 11.8 Å². The Morgan fingerprint density at radius 3 is 2.88 bits per heavy atom. The number of amides is 1. The minimum absolute atomic E-state index is 0.170. The van der Waals surface area contributed by atoms with Crippen LogP contribution in [0, 0.1) is 0 Å². The maximum atomic E-state index is 12.9. The third kappa shape index (κ3) is 4.11. The molecule has 0 N–H and O–H groups in total. The number of hydrogen-bond acceptors (Lipinski definition) is 4. The lowest BCUT2D eigenvalue weighted by molar-refractivity contribution is -0.133. The van der Waals surface area contributed by atoms with Crippen LogP contribution < -0.4 is 0 Å². The molecule has 1 amide bonds. The fraction of sp³-hybridized carbons (Fsp3) is 0.632. The minimum atomic E-state index is 0.170. The molecule has 1 fully saturated rings. The topological polar surface area (TPSA) is 64.2 Å². The van der Waals surface area contributed by atoms with Crippen molar-refractivity contribution in [1.29, 1.82) is 0 Å². The quantitative estimate of drug-likeness (QED) is 0.831. The Balaban J connectivity index is 1.68. The summed E-state index contributed by atoms with van der Waals surface area (Å²) in [6.07, 6.45) is 7.43. The van der Waals surface area contributed by atoms with Crippen LogP contribution in [0.3, 0.4) is 0 Å². The van der Waals surface area contributed by atoms with E-state index in [1.54, 1.807) is 0 Å². The van der Waals surface area contributed by atoms with Gasteiger partial charge in [0, 0.05) is 44.2 Å². The van der Waals surface area contributed by atoms with Crippen molar-refractivity contribution in [3.05, 3.63) is 35.7 Å². The Kier molecular flexibility index (Phi) is 5.56. The molecule has 1 aliphatic heterocycles. The number of likely N-dealkylation sites (tertiary alicyclic amines) is 1. The highest BCUT2D eigenvalue weighted by molar-refractivity contribution is 5.76. The van der Waals surface area contributed by atoms with Gasteiger partial charge in [-0.15, -0.1) is 0 Å². The van der Waals surface area contributed by atoms with Crippen molar-refractivity contribution in [2.75, 3.05) is 6.54 Å². The number of hydrogen-bond donors (Lipinski definition) is 0. The van der Waals surface area contributed by atoms with Crippen LogP contribution in [0.15, 0.2) is 22.9 Å². The van der Waals surface area contributed by atoms with E-state index in [0.717, 1.165) is 19.4 Å². The van der Waals surface area contributed by atoms with Crippen LogP contribution in [0.1, 0.15) is 75.3 Å². The summed E-state index contributed by atoms with van der Waals surface area (Å²) in [5.74, 6) is 1.68. The molecule has 3 rings (SSSR count). The molecule has 0 aliphatic carbocycles. The molecule has 6 nitrogen and oxygen atoms in total. The molecular weight excluding hydrogens is 316 g/mol. The second-order valence-corrected chi connectivity index (χ2v) is 7.20. The van der Waals surface area contributed by atoms with Gasteiger partial charge in [0.05, 0.1) is 6.04 Å². The SMILES string of the molecule is CC(C)c1noc(CCC(=O)N2CCCCC[C@H]2c2cccn2C)n1. The molecule has 0 spiro atoms. The molecule has 0 aromatic carbocycles. The van der Waals surface area contributed by atoms with Crippen molar-refractivity contribution in [3.63, 3.8) is 0 Å². The average molecular weight is 344 g/mol. The van der Waals surface area contributed by atoms with Crippen LogP contribution in [-0.2, 0) is 18.3 Å². The summed E-state index contributed by atoms with van der Waals surface area (Å²) in [4.78, 5) is 19.3. The van der Waals surface area contributed by atoms with Crippen LogP contribution in [0.5, 0.6) is 0 Å². The zero-order valence-corrected chi connectivity index (χ0v) is 15.4. The summed E-state index contributed by atoms with van der Waals surface area (Å²) >= 11 is 0. The Labute approximate surface area is 149 Å². The van der Waals surface area contributed by atoms with Gasteiger partial charge in [-0.1, -0.05) is 31.8 Å². The molecule has 25 heavy (non-hydrogen) atoms. The predicted molar refractivity (Wildman–Crippen MR) is 95.0 cm³/mol. The highest BCUT2D eigenvalue weighted by atomic mass is 16.5. The Morgan fingerprint density at radius 1 is 1.36 bits per heavy atom. The van der Waals surface area contributed by atoms with Crippen LogP contribution in [0.2, 0.25) is 0 Å². The summed E-state index contributed by atoms with van der Waals surface area (Å²) in [5.41, 5.74) is 1.22. The Hall–Kier alpha value is -2.11. The number of nitrogens with zero attached hydrogens (tertiary/aromatic N) is 4. The van der Waals surface area contributed by atoms with E-state index in [0.29, 0.717) is 24.6 Å². The van der Waals surface area contributed by atoms with E-state index in [1.165, 1.54) is 18.5 Å². The van der Waals surface area contributed by atoms with Gasteiger partial charge in [0.1, 0.15) is 0 Å². The fourth-order valence-electron chi connectivity index (χ4n) is 3.50. The molecule has 3 heterocycles. The van der Waals surface area contributed by atoms with Crippen molar-refractivity contribution >= 4 is 5.91 Å². The minimum Gasteiger partial charge on any atom is -0.353 e. The Bertz CT molecular complexity index is 704. The van der Waals surface area contributed by atoms with E-state index in [4.69, 9.17) is 4.52 Å². The molecule has 136 valence electrons. The lowest BCUT2D eigenvalue weighted by Gasteiger charge is -2.30. The molecule has 0 unspecified atom stereocenters. The molecule has 0 bridgehead atoms. The third-order valence-electron chi connectivity index (χ3n) is 4.95. The number of aryl methyl sites for hydroxylation is 2. The molecule has 1 saturated heterocycles. The molecule has 2 aromatic rings. The van der Waals surface area contributed by atoms with Gasteiger partial charge in [-0.05, 0) is 25.0 Å². The zero-order valence-electron chi connectivity index (χ0n) is 15.4. The first-order valence-electron chi connectivity index (χ1n) is 9.29. The zero-order chi connectivity index (χ0) is 17.8. The van der Waals surface area contributed by atoms with Crippen LogP contribution in [-0.4, -0.2) is 32.1 Å². The van der Waals surface area contributed by atoms with Crippen LogP contribution >= 0.6 is 0 Å². The smallest absolute Gasteiger partial charge is 0.227 e. The van der Waals surface area contributed by atoms with Crippen LogP contribution in [0.4, 0.5) is 0 Å². The lowest BCUT2D eigenvalue weighted by Crippen LogP contribution is -2.35. The first-order chi connectivity index (χ1) is 12.1. The van der Waals surface area contributed by atoms with E-state index in [2.05, 4.69) is 45.0 Å². The second-order valence-electron chi connectivity index (χ2n) is 7.20. The summed E-state index contributed by atoms with van der Waals surface area (Å²) in [5, 5.41) is 3.97. The largest absolute Gasteiger partial charge is 0.353 e. The van der Waals surface area contributed by atoms with E-state index in [-0.39, 0.29) is 17.9 Å². The van der Waals surface area contributed by atoms with Crippen molar-refractivity contribution < 1.29 is 9.32 Å².